The summed E-state index contributed by atoms with van der Waals surface area (Å²) >= 11 is 0. The topological polar surface area (TPSA) is 127 Å². The van der Waals surface area contributed by atoms with Crippen LogP contribution >= 0.6 is 0 Å². The molecule has 3 N–H and O–H groups in total. The average Bonchev–Trinajstić information content (AvgIpc) is 3.26. The number of anilines is 2. The first kappa shape index (κ1) is 22.9. The highest BCUT2D eigenvalue weighted by Gasteiger charge is 2.35. The molecule has 33 heavy (non-hydrogen) atoms. The molecule has 1 amide bonds. The van der Waals surface area contributed by atoms with Crippen LogP contribution in [-0.4, -0.2) is 45.2 Å². The fourth-order valence-electron chi connectivity index (χ4n) is 4.15. The van der Waals surface area contributed by atoms with E-state index in [-0.39, 0.29) is 55.7 Å². The second-order valence-electron chi connectivity index (χ2n) is 8.60. The molecule has 0 bridgehead atoms. The first-order valence-corrected chi connectivity index (χ1v) is 11.1. The Hall–Kier alpha value is -3.24. The summed E-state index contributed by atoms with van der Waals surface area (Å²) in [6.45, 7) is 0. The number of carbonyl (C=O) groups excluding carboxylic acids is 1. The number of benzene rings is 1. The number of nitrogens with one attached hydrogen (secondary N) is 2. The first-order valence-electron chi connectivity index (χ1n) is 11.1. The molecule has 2 saturated carbocycles. The molecule has 11 heteroatoms. The maximum absolute atomic E-state index is 13.3. The number of aromatic nitrogens is 2. The summed E-state index contributed by atoms with van der Waals surface area (Å²) in [7, 11) is 0. The lowest BCUT2D eigenvalue weighted by atomic mass is 9.87. The van der Waals surface area contributed by atoms with E-state index < -0.39 is 17.8 Å². The summed E-state index contributed by atoms with van der Waals surface area (Å²) in [5, 5.41) is 22.1. The van der Waals surface area contributed by atoms with Gasteiger partial charge in [-0.05, 0) is 62.8 Å². The van der Waals surface area contributed by atoms with Crippen molar-refractivity contribution in [1.82, 2.24) is 10.2 Å². The minimum absolute atomic E-state index is 0.0248. The molecule has 0 aliphatic heterocycles. The maximum atomic E-state index is 13.3. The molecule has 1 heterocycles. The molecule has 1 aromatic heterocycles. The van der Waals surface area contributed by atoms with Crippen molar-refractivity contribution in [1.29, 1.82) is 0 Å². The lowest BCUT2D eigenvalue weighted by Crippen LogP contribution is -2.32. The van der Waals surface area contributed by atoms with Gasteiger partial charge in [-0.25, -0.2) is 8.78 Å². The highest BCUT2D eigenvalue weighted by atomic mass is 19.3. The summed E-state index contributed by atoms with van der Waals surface area (Å²) in [5.41, 5.74) is 0.504. The number of amides is 1. The number of aliphatic carboxylic acids is 1. The molecule has 0 radical (unpaired) electrons. The first-order chi connectivity index (χ1) is 15.8. The van der Waals surface area contributed by atoms with Crippen molar-refractivity contribution in [2.24, 2.45) is 5.92 Å². The maximum Gasteiger partial charge on any atom is 0.316 e. The van der Waals surface area contributed by atoms with Crippen molar-refractivity contribution >= 4 is 23.6 Å². The van der Waals surface area contributed by atoms with Crippen LogP contribution < -0.4 is 15.4 Å². The van der Waals surface area contributed by atoms with Gasteiger partial charge in [-0.2, -0.15) is 0 Å². The van der Waals surface area contributed by atoms with Crippen molar-refractivity contribution < 1.29 is 32.6 Å². The van der Waals surface area contributed by atoms with Gasteiger partial charge in [0.25, 0.3) is 0 Å². The molecule has 2 aliphatic rings. The summed E-state index contributed by atoms with van der Waals surface area (Å²) in [6, 6.07) is 6.61. The Labute approximate surface area is 188 Å². The van der Waals surface area contributed by atoms with Crippen molar-refractivity contribution in [2.45, 2.75) is 69.4 Å². The van der Waals surface area contributed by atoms with Crippen LogP contribution in [-0.2, 0) is 4.79 Å². The molecule has 178 valence electrons. The molecule has 0 unspecified atom stereocenters. The van der Waals surface area contributed by atoms with Crippen molar-refractivity contribution in [3.8, 4) is 5.75 Å². The minimum atomic E-state index is -2.63. The molecule has 9 nitrogen and oxygen atoms in total. The molecule has 1 aromatic carbocycles. The van der Waals surface area contributed by atoms with E-state index in [4.69, 9.17) is 14.3 Å². The smallest absolute Gasteiger partial charge is 0.316 e. The van der Waals surface area contributed by atoms with Gasteiger partial charge < -0.3 is 24.9 Å². The number of rotatable bonds is 7. The molecule has 2 aromatic rings. The summed E-state index contributed by atoms with van der Waals surface area (Å²) < 4.78 is 37.8. The van der Waals surface area contributed by atoms with Gasteiger partial charge >= 0.3 is 23.8 Å². The summed E-state index contributed by atoms with van der Waals surface area (Å²) in [4.78, 5) is 23.4. The van der Waals surface area contributed by atoms with Crippen LogP contribution in [0.25, 0.3) is 0 Å². The van der Waals surface area contributed by atoms with Gasteiger partial charge in [-0.15, -0.1) is 5.10 Å². The van der Waals surface area contributed by atoms with E-state index in [1.807, 2.05) is 0 Å². The van der Waals surface area contributed by atoms with Crippen molar-refractivity contribution in [2.75, 3.05) is 10.6 Å². The van der Waals surface area contributed by atoms with E-state index in [9.17, 15) is 18.4 Å². The van der Waals surface area contributed by atoms with E-state index in [0.29, 0.717) is 37.1 Å². The zero-order chi connectivity index (χ0) is 23.4. The molecule has 0 spiro atoms. The summed E-state index contributed by atoms with van der Waals surface area (Å²) in [6.07, 6.45) is 2.72. The highest BCUT2D eigenvalue weighted by Crippen LogP contribution is 2.34. The molecule has 2 fully saturated rings. The number of alkyl halides is 2. The number of carboxylic acid groups (broad SMARTS) is 1. The van der Waals surface area contributed by atoms with Gasteiger partial charge in [0.2, 0.25) is 5.92 Å². The van der Waals surface area contributed by atoms with E-state index in [2.05, 4.69) is 20.8 Å². The van der Waals surface area contributed by atoms with E-state index >= 15 is 0 Å². The fourth-order valence-corrected chi connectivity index (χ4v) is 4.15. The molecular weight excluding hydrogens is 438 g/mol. The van der Waals surface area contributed by atoms with Crippen molar-refractivity contribution in [3.63, 3.8) is 0 Å². The number of carbonyl (C=O) groups is 2. The molecule has 2 aliphatic carbocycles. The predicted molar refractivity (Wildman–Crippen MR) is 114 cm³/mol. The molecule has 0 saturated heterocycles. The number of hydrogen-bond donors (Lipinski definition) is 3. The average molecular weight is 464 g/mol. The van der Waals surface area contributed by atoms with Gasteiger partial charge in [-0.3, -0.25) is 9.59 Å². The van der Waals surface area contributed by atoms with Crippen LogP contribution in [0, 0.1) is 5.92 Å². The number of nitrogens with zero attached hydrogens (tertiary/aromatic N) is 2. The lowest BCUT2D eigenvalue weighted by Gasteiger charge is -2.28. The number of carboxylic acids is 1. The molecule has 0 atom stereocenters. The zero-order valence-corrected chi connectivity index (χ0v) is 17.9. The third-order valence-electron chi connectivity index (χ3n) is 6.10. The van der Waals surface area contributed by atoms with Crippen LogP contribution in [0.4, 0.5) is 20.5 Å². The lowest BCUT2D eigenvalue weighted by molar-refractivity contribution is -0.143. The van der Waals surface area contributed by atoms with Crippen LogP contribution in [0.5, 0.6) is 5.75 Å². The number of ether oxygens (including phenoxy) is 1. The van der Waals surface area contributed by atoms with Gasteiger partial charge in [0, 0.05) is 24.6 Å². The Morgan fingerprint density at radius 3 is 2.33 bits per heavy atom. The van der Waals surface area contributed by atoms with E-state index in [0.717, 1.165) is 0 Å². The zero-order valence-electron chi connectivity index (χ0n) is 17.9. The fraction of sp³-hybridized carbons (Fsp3) is 0.545. The normalized spacial score (nSPS) is 23.0. The van der Waals surface area contributed by atoms with E-state index in [1.54, 1.807) is 24.3 Å². The van der Waals surface area contributed by atoms with Crippen LogP contribution in [0.2, 0.25) is 0 Å². The Bertz CT molecular complexity index is 963. The standard InChI is InChI=1S/C22H26F2N4O5/c23-22(24)11-9-15(10-12-22)26-21-28-27-19(33-21)18(29)25-14-3-7-17(8-4-14)32-16-5-1-13(2-6-16)20(30)31/h3-4,7-8,13,15-16H,1-2,5-6,9-12H2,(H,25,29)(H,26,28)(H,30,31). The monoisotopic (exact) mass is 464 g/mol. The van der Waals surface area contributed by atoms with E-state index in [1.165, 1.54) is 0 Å². The van der Waals surface area contributed by atoms with Gasteiger partial charge in [-0.1, -0.05) is 5.10 Å². The van der Waals surface area contributed by atoms with Gasteiger partial charge in [0.15, 0.2) is 0 Å². The highest BCUT2D eigenvalue weighted by molar-refractivity contribution is 6.00. The Morgan fingerprint density at radius 2 is 1.70 bits per heavy atom. The number of hydrogen-bond acceptors (Lipinski definition) is 7. The SMILES string of the molecule is O=C(Nc1ccc(OC2CCC(C(=O)O)CC2)cc1)c1nnc(NC2CCC(F)(F)CC2)o1. The predicted octanol–water partition coefficient (Wildman–Crippen LogP) is 4.33. The third-order valence-corrected chi connectivity index (χ3v) is 6.10. The van der Waals surface area contributed by atoms with Crippen molar-refractivity contribution in [3.05, 3.63) is 30.2 Å². The Morgan fingerprint density at radius 1 is 1.03 bits per heavy atom. The van der Waals surface area contributed by atoms with Crippen LogP contribution in [0.3, 0.4) is 0 Å². The quantitative estimate of drug-likeness (QED) is 0.553. The van der Waals surface area contributed by atoms with Gasteiger partial charge in [0.05, 0.1) is 12.0 Å². The molecular formula is C22H26F2N4O5. The second-order valence-corrected chi connectivity index (χ2v) is 8.60. The molecule has 4 rings (SSSR count). The number of halogens is 2. The Balaban J connectivity index is 1.25. The van der Waals surface area contributed by atoms with Crippen LogP contribution in [0.15, 0.2) is 28.7 Å². The minimum Gasteiger partial charge on any atom is -0.490 e. The second kappa shape index (κ2) is 9.72. The largest absolute Gasteiger partial charge is 0.490 e. The van der Waals surface area contributed by atoms with Crippen LogP contribution in [0.1, 0.15) is 62.1 Å². The Kier molecular flexibility index (Phi) is 6.75. The third kappa shape index (κ3) is 6.17. The summed E-state index contributed by atoms with van der Waals surface area (Å²) in [5.74, 6) is -3.88. The van der Waals surface area contributed by atoms with Gasteiger partial charge in [0.1, 0.15) is 5.75 Å².